The number of ether oxygens (including phenoxy) is 2. The molecule has 2 fully saturated rings. The van der Waals surface area contributed by atoms with Crippen LogP contribution in [0.5, 0.6) is 11.5 Å². The molecule has 0 radical (unpaired) electrons. The monoisotopic (exact) mass is 544 g/mol. The number of nitrogen functional groups attached to an aromatic ring is 1. The second-order valence-corrected chi connectivity index (χ2v) is 9.61. The number of hydrogen-bond donors (Lipinski definition) is 2. The number of nitrogens with zero attached hydrogens (tertiary/aromatic N) is 4. The number of carbonyl (C=O) groups is 1. The molecule has 0 aliphatic carbocycles. The third kappa shape index (κ3) is 5.42. The molecule has 9 nitrogen and oxygen atoms in total. The molecule has 2 aliphatic rings. The van der Waals surface area contributed by atoms with Gasteiger partial charge in [0.1, 0.15) is 11.3 Å². The quantitative estimate of drug-likeness (QED) is 0.485. The summed E-state index contributed by atoms with van der Waals surface area (Å²) in [5.74, 6) is 0.523. The maximum absolute atomic E-state index is 15.4. The highest BCUT2D eigenvalue weighted by Gasteiger charge is 2.34. The number of aromatic nitrogens is 2. The summed E-state index contributed by atoms with van der Waals surface area (Å²) < 4.78 is 25.9. The Morgan fingerprint density at radius 3 is 2.66 bits per heavy atom. The van der Waals surface area contributed by atoms with E-state index in [2.05, 4.69) is 15.3 Å². The topological polar surface area (TPSA) is 106 Å². The molecule has 0 spiro atoms. The summed E-state index contributed by atoms with van der Waals surface area (Å²) in [6.07, 6.45) is 2.72. The van der Waals surface area contributed by atoms with E-state index < -0.39 is 5.82 Å². The number of rotatable bonds is 6. The molecule has 0 bridgehead atoms. The van der Waals surface area contributed by atoms with Crippen molar-refractivity contribution in [2.75, 3.05) is 57.6 Å². The fourth-order valence-corrected chi connectivity index (χ4v) is 5.35. The van der Waals surface area contributed by atoms with Gasteiger partial charge in [0, 0.05) is 31.4 Å². The fraction of sp³-hybridized carbons (Fsp3) is 0.444. The van der Waals surface area contributed by atoms with Crippen molar-refractivity contribution in [2.45, 2.75) is 25.3 Å². The summed E-state index contributed by atoms with van der Waals surface area (Å²) in [7, 11) is 2.81. The van der Waals surface area contributed by atoms with Crippen LogP contribution in [0.25, 0.3) is 10.9 Å². The summed E-state index contributed by atoms with van der Waals surface area (Å²) in [6.45, 7) is 3.41. The number of carbonyl (C=O) groups excluding carboxylic acids is 1. The molecule has 204 valence electrons. The zero-order valence-electron chi connectivity index (χ0n) is 21.7. The Labute approximate surface area is 227 Å². The molecular weight excluding hydrogens is 511 g/mol. The first-order chi connectivity index (χ1) is 18.0. The second kappa shape index (κ2) is 12.0. The number of benzene rings is 2. The highest BCUT2D eigenvalue weighted by molar-refractivity contribution is 5.92. The van der Waals surface area contributed by atoms with Crippen molar-refractivity contribution in [3.05, 3.63) is 47.8 Å². The largest absolute Gasteiger partial charge is 0.493 e. The summed E-state index contributed by atoms with van der Waals surface area (Å²) in [6, 6.07) is 11.3. The average Bonchev–Trinajstić information content (AvgIpc) is 2.94. The number of hydrogen-bond acceptors (Lipinski definition) is 8. The van der Waals surface area contributed by atoms with Crippen LogP contribution in [-0.4, -0.2) is 67.7 Å². The van der Waals surface area contributed by atoms with Crippen LogP contribution < -0.4 is 25.4 Å². The molecule has 1 amide bonds. The lowest BCUT2D eigenvalue weighted by molar-refractivity contribution is -0.133. The molecule has 2 aromatic carbocycles. The minimum Gasteiger partial charge on any atom is -0.493 e. The van der Waals surface area contributed by atoms with Crippen molar-refractivity contribution in [3.63, 3.8) is 0 Å². The van der Waals surface area contributed by atoms with E-state index in [0.29, 0.717) is 43.3 Å². The van der Waals surface area contributed by atoms with Gasteiger partial charge in [0.05, 0.1) is 20.3 Å². The highest BCUT2D eigenvalue weighted by Crippen LogP contribution is 2.39. The van der Waals surface area contributed by atoms with Crippen LogP contribution >= 0.6 is 12.4 Å². The van der Waals surface area contributed by atoms with E-state index in [1.54, 1.807) is 6.07 Å². The Morgan fingerprint density at radius 1 is 1.18 bits per heavy atom. The van der Waals surface area contributed by atoms with Crippen LogP contribution in [0.3, 0.4) is 0 Å². The summed E-state index contributed by atoms with van der Waals surface area (Å²) in [4.78, 5) is 26.3. The van der Waals surface area contributed by atoms with E-state index in [1.807, 2.05) is 40.1 Å². The SMILES string of the molecule is COc1cc2c(N)nc(N3CCN(C(=O)CC4CCCNC4)C[C@@H]3c3ccccc3)nc2c(F)c1OC.Cl. The number of fused-ring (bicyclic) bond motifs is 1. The molecule has 2 atom stereocenters. The molecule has 2 saturated heterocycles. The fourth-order valence-electron chi connectivity index (χ4n) is 5.35. The van der Waals surface area contributed by atoms with Gasteiger partial charge in [-0.2, -0.15) is 4.98 Å². The third-order valence-electron chi connectivity index (χ3n) is 7.33. The van der Waals surface area contributed by atoms with E-state index >= 15 is 4.39 Å². The van der Waals surface area contributed by atoms with Crippen molar-refractivity contribution >= 4 is 41.0 Å². The van der Waals surface area contributed by atoms with Gasteiger partial charge in [-0.05, 0) is 43.5 Å². The van der Waals surface area contributed by atoms with Gasteiger partial charge in [-0.15, -0.1) is 12.4 Å². The number of nitrogens with one attached hydrogen (secondary N) is 1. The summed E-state index contributed by atoms with van der Waals surface area (Å²) in [5, 5.41) is 3.74. The van der Waals surface area contributed by atoms with Gasteiger partial charge in [0.15, 0.2) is 17.3 Å². The van der Waals surface area contributed by atoms with Crippen molar-refractivity contribution < 1.29 is 18.7 Å². The van der Waals surface area contributed by atoms with E-state index in [9.17, 15) is 4.79 Å². The number of piperazine rings is 1. The lowest BCUT2D eigenvalue weighted by Gasteiger charge is -2.42. The zero-order valence-corrected chi connectivity index (χ0v) is 22.5. The molecule has 11 heteroatoms. The van der Waals surface area contributed by atoms with Gasteiger partial charge in [0.25, 0.3) is 0 Å². The molecule has 3 aromatic rings. The Kier molecular flexibility index (Phi) is 8.73. The molecule has 3 heterocycles. The van der Waals surface area contributed by atoms with E-state index in [-0.39, 0.29) is 47.2 Å². The first kappa shape index (κ1) is 27.7. The van der Waals surface area contributed by atoms with Crippen molar-refractivity contribution in [1.29, 1.82) is 0 Å². The van der Waals surface area contributed by atoms with Gasteiger partial charge in [-0.25, -0.2) is 9.37 Å². The van der Waals surface area contributed by atoms with Crippen molar-refractivity contribution in [3.8, 4) is 11.5 Å². The maximum atomic E-state index is 15.4. The van der Waals surface area contributed by atoms with Crippen LogP contribution in [-0.2, 0) is 4.79 Å². The van der Waals surface area contributed by atoms with Crippen LogP contribution in [0.2, 0.25) is 0 Å². The zero-order chi connectivity index (χ0) is 25.9. The van der Waals surface area contributed by atoms with Crippen LogP contribution in [0.15, 0.2) is 36.4 Å². The van der Waals surface area contributed by atoms with Crippen molar-refractivity contribution in [1.82, 2.24) is 20.2 Å². The number of halogens is 2. The Morgan fingerprint density at radius 2 is 1.97 bits per heavy atom. The van der Waals surface area contributed by atoms with E-state index in [0.717, 1.165) is 31.5 Å². The van der Waals surface area contributed by atoms with Crippen LogP contribution in [0.1, 0.15) is 30.9 Å². The van der Waals surface area contributed by atoms with Gasteiger partial charge in [0.2, 0.25) is 11.9 Å². The van der Waals surface area contributed by atoms with Crippen molar-refractivity contribution in [2.24, 2.45) is 5.92 Å². The molecule has 38 heavy (non-hydrogen) atoms. The molecular formula is C27H34ClFN6O3. The van der Waals surface area contributed by atoms with Gasteiger partial charge >= 0.3 is 0 Å². The smallest absolute Gasteiger partial charge is 0.228 e. The molecule has 2 aliphatic heterocycles. The molecule has 1 aromatic heterocycles. The van der Waals surface area contributed by atoms with Gasteiger partial charge < -0.3 is 30.3 Å². The number of anilines is 2. The number of piperidine rings is 1. The second-order valence-electron chi connectivity index (χ2n) is 9.61. The standard InChI is InChI=1S/C27H33FN6O3.ClH/c1-36-21-14-19-24(23(28)25(21)37-2)31-27(32-26(19)29)34-12-11-33(16-20(34)18-8-4-3-5-9-18)22(35)13-17-7-6-10-30-15-17;/h3-5,8-9,14,17,20,30H,6-7,10-13,15-16H2,1-2H3,(H2,29,31,32);1H/t17?,20-;/m1./s1. The van der Waals surface area contributed by atoms with Crippen LogP contribution in [0, 0.1) is 11.7 Å². The predicted octanol–water partition coefficient (Wildman–Crippen LogP) is 3.57. The lowest BCUT2D eigenvalue weighted by atomic mass is 9.95. The van der Waals surface area contributed by atoms with Gasteiger partial charge in [-0.3, -0.25) is 4.79 Å². The molecule has 3 N–H and O–H groups in total. The molecule has 0 saturated carbocycles. The number of amides is 1. The van der Waals surface area contributed by atoms with E-state index in [4.69, 9.17) is 15.2 Å². The number of methoxy groups -OCH3 is 2. The van der Waals surface area contributed by atoms with Gasteiger partial charge in [-0.1, -0.05) is 30.3 Å². The highest BCUT2D eigenvalue weighted by atomic mass is 35.5. The molecule has 1 unspecified atom stereocenters. The number of nitrogens with two attached hydrogens (primary N) is 1. The lowest BCUT2D eigenvalue weighted by Crippen LogP contribution is -2.51. The average molecular weight is 545 g/mol. The van der Waals surface area contributed by atoms with E-state index in [1.165, 1.54) is 14.2 Å². The third-order valence-corrected chi connectivity index (χ3v) is 7.33. The predicted molar refractivity (Wildman–Crippen MR) is 148 cm³/mol. The summed E-state index contributed by atoms with van der Waals surface area (Å²) >= 11 is 0. The normalized spacial score (nSPS) is 19.7. The molecule has 5 rings (SSSR count). The minimum absolute atomic E-state index is 0. The Hall–Kier alpha value is -3.37. The van der Waals surface area contributed by atoms with Crippen LogP contribution in [0.4, 0.5) is 16.2 Å². The Bertz CT molecular complexity index is 1270. The first-order valence-corrected chi connectivity index (χ1v) is 12.7. The Balaban J connectivity index is 0.00000336. The summed E-state index contributed by atoms with van der Waals surface area (Å²) in [5.41, 5.74) is 7.39. The minimum atomic E-state index is -0.654. The maximum Gasteiger partial charge on any atom is 0.228 e. The first-order valence-electron chi connectivity index (χ1n) is 12.7.